The quantitative estimate of drug-likeness (QED) is 0.780. The summed E-state index contributed by atoms with van der Waals surface area (Å²) in [5, 5.41) is 11.6. The zero-order chi connectivity index (χ0) is 13.0. The van der Waals surface area contributed by atoms with Crippen LogP contribution in [0, 0.1) is 0 Å². The maximum Gasteiger partial charge on any atom is 0.182 e. The number of hydrogen-bond donors (Lipinski definition) is 1. The number of tetrazole rings is 1. The highest BCUT2D eigenvalue weighted by Gasteiger charge is 2.10. The number of anilines is 1. The topological polar surface area (TPSA) is 88.1 Å². The number of ether oxygens (including phenoxy) is 2. The van der Waals surface area contributed by atoms with E-state index in [0.29, 0.717) is 30.4 Å². The van der Waals surface area contributed by atoms with Crippen LogP contribution in [0.15, 0.2) is 18.2 Å². The Labute approximate surface area is 104 Å². The van der Waals surface area contributed by atoms with E-state index < -0.39 is 0 Å². The Morgan fingerprint density at radius 1 is 1.33 bits per heavy atom. The van der Waals surface area contributed by atoms with E-state index in [1.165, 1.54) is 0 Å². The Morgan fingerprint density at radius 3 is 2.89 bits per heavy atom. The average Bonchev–Trinajstić information content (AvgIpc) is 2.85. The molecule has 1 aromatic heterocycles. The number of rotatable bonds is 5. The van der Waals surface area contributed by atoms with Gasteiger partial charge in [0.15, 0.2) is 5.82 Å². The van der Waals surface area contributed by atoms with Crippen LogP contribution in [0.4, 0.5) is 5.69 Å². The number of nitrogen functional groups attached to an aromatic ring is 1. The number of methoxy groups -OCH3 is 2. The zero-order valence-corrected chi connectivity index (χ0v) is 10.3. The molecule has 18 heavy (non-hydrogen) atoms. The van der Waals surface area contributed by atoms with E-state index >= 15 is 0 Å². The van der Waals surface area contributed by atoms with Gasteiger partial charge in [0, 0.05) is 12.7 Å². The molecule has 0 aliphatic rings. The van der Waals surface area contributed by atoms with Gasteiger partial charge in [-0.1, -0.05) is 0 Å². The van der Waals surface area contributed by atoms with Crippen LogP contribution in [0.5, 0.6) is 5.75 Å². The predicted octanol–water partition coefficient (Wildman–Crippen LogP) is 0.577. The molecule has 0 saturated heterocycles. The molecule has 0 unspecified atom stereocenters. The minimum atomic E-state index is 0.546. The summed E-state index contributed by atoms with van der Waals surface area (Å²) in [5.74, 6) is 1.26. The van der Waals surface area contributed by atoms with Gasteiger partial charge in [-0.05, 0) is 28.6 Å². The lowest BCUT2D eigenvalue weighted by Gasteiger charge is -2.07. The third kappa shape index (κ3) is 2.40. The summed E-state index contributed by atoms with van der Waals surface area (Å²) in [5.41, 5.74) is 7.20. The van der Waals surface area contributed by atoms with E-state index in [1.807, 2.05) is 12.1 Å². The molecule has 0 atom stereocenters. The smallest absolute Gasteiger partial charge is 0.182 e. The maximum absolute atomic E-state index is 5.77. The van der Waals surface area contributed by atoms with Crippen LogP contribution in [-0.4, -0.2) is 41.0 Å². The van der Waals surface area contributed by atoms with Crippen LogP contribution < -0.4 is 10.5 Å². The van der Waals surface area contributed by atoms with Crippen molar-refractivity contribution >= 4 is 5.69 Å². The van der Waals surface area contributed by atoms with Crippen LogP contribution in [0.2, 0.25) is 0 Å². The summed E-state index contributed by atoms with van der Waals surface area (Å²) in [6, 6.07) is 5.43. The SMILES string of the molecule is COCCn1nnnc1-c1ccc(N)c(OC)c1. The van der Waals surface area contributed by atoms with Gasteiger partial charge in [0.2, 0.25) is 0 Å². The fourth-order valence-corrected chi connectivity index (χ4v) is 1.59. The van der Waals surface area contributed by atoms with Gasteiger partial charge in [0.05, 0.1) is 25.9 Å². The lowest BCUT2D eigenvalue weighted by atomic mass is 10.2. The van der Waals surface area contributed by atoms with Gasteiger partial charge < -0.3 is 15.2 Å². The second kappa shape index (κ2) is 5.46. The molecule has 0 radical (unpaired) electrons. The molecule has 7 heteroatoms. The minimum Gasteiger partial charge on any atom is -0.495 e. The molecule has 1 aromatic carbocycles. The number of benzene rings is 1. The van der Waals surface area contributed by atoms with Gasteiger partial charge >= 0.3 is 0 Å². The van der Waals surface area contributed by atoms with Gasteiger partial charge in [0.1, 0.15) is 5.75 Å². The van der Waals surface area contributed by atoms with Crippen LogP contribution >= 0.6 is 0 Å². The number of hydrogen-bond acceptors (Lipinski definition) is 6. The first kappa shape index (κ1) is 12.3. The summed E-state index contributed by atoms with van der Waals surface area (Å²) in [6.45, 7) is 1.13. The van der Waals surface area contributed by atoms with Gasteiger partial charge in [0.25, 0.3) is 0 Å². The molecule has 2 aromatic rings. The molecule has 0 aliphatic heterocycles. The van der Waals surface area contributed by atoms with Crippen molar-refractivity contribution in [3.8, 4) is 17.1 Å². The largest absolute Gasteiger partial charge is 0.495 e. The maximum atomic E-state index is 5.77. The van der Waals surface area contributed by atoms with Crippen molar-refractivity contribution in [3.63, 3.8) is 0 Å². The molecule has 2 rings (SSSR count). The molecule has 0 spiro atoms. The van der Waals surface area contributed by atoms with Crippen molar-refractivity contribution in [1.82, 2.24) is 20.2 Å². The molecule has 0 bridgehead atoms. The highest BCUT2D eigenvalue weighted by atomic mass is 16.5. The molecular formula is C11H15N5O2. The van der Waals surface area contributed by atoms with E-state index in [4.69, 9.17) is 15.2 Å². The summed E-state index contributed by atoms with van der Waals surface area (Å²) in [4.78, 5) is 0. The van der Waals surface area contributed by atoms with Crippen LogP contribution in [-0.2, 0) is 11.3 Å². The van der Waals surface area contributed by atoms with E-state index in [0.717, 1.165) is 5.56 Å². The van der Waals surface area contributed by atoms with Crippen LogP contribution in [0.1, 0.15) is 0 Å². The van der Waals surface area contributed by atoms with E-state index in [2.05, 4.69) is 15.5 Å². The molecule has 0 amide bonds. The van der Waals surface area contributed by atoms with Crippen molar-refractivity contribution in [1.29, 1.82) is 0 Å². The Balaban J connectivity index is 2.33. The second-order valence-corrected chi connectivity index (χ2v) is 3.68. The predicted molar refractivity (Wildman–Crippen MR) is 66.1 cm³/mol. The monoisotopic (exact) mass is 249 g/mol. The van der Waals surface area contributed by atoms with E-state index in [9.17, 15) is 0 Å². The molecule has 2 N–H and O–H groups in total. The first-order valence-electron chi connectivity index (χ1n) is 5.45. The first-order chi connectivity index (χ1) is 8.76. The van der Waals surface area contributed by atoms with Crippen LogP contribution in [0.3, 0.4) is 0 Å². The lowest BCUT2D eigenvalue weighted by molar-refractivity contribution is 0.183. The molecule has 1 heterocycles. The fourth-order valence-electron chi connectivity index (χ4n) is 1.59. The summed E-state index contributed by atoms with van der Waals surface area (Å²) < 4.78 is 11.9. The fraction of sp³-hybridized carbons (Fsp3) is 0.364. The summed E-state index contributed by atoms with van der Waals surface area (Å²) >= 11 is 0. The summed E-state index contributed by atoms with van der Waals surface area (Å²) in [7, 11) is 3.21. The van der Waals surface area contributed by atoms with Gasteiger partial charge in [-0.15, -0.1) is 5.10 Å². The standard InChI is InChI=1S/C11H15N5O2/c1-17-6-5-16-11(13-14-15-16)8-3-4-9(12)10(7-8)18-2/h3-4,7H,5-6,12H2,1-2H3. The van der Waals surface area contributed by atoms with Crippen molar-refractivity contribution in [2.45, 2.75) is 6.54 Å². The Bertz CT molecular complexity index is 526. The average molecular weight is 249 g/mol. The van der Waals surface area contributed by atoms with Gasteiger partial charge in [-0.2, -0.15) is 0 Å². The van der Waals surface area contributed by atoms with Crippen molar-refractivity contribution in [2.24, 2.45) is 0 Å². The Kier molecular flexibility index (Phi) is 3.73. The molecular weight excluding hydrogens is 234 g/mol. The molecule has 0 saturated carbocycles. The zero-order valence-electron chi connectivity index (χ0n) is 10.3. The minimum absolute atomic E-state index is 0.546. The molecule has 96 valence electrons. The van der Waals surface area contributed by atoms with E-state index in [-0.39, 0.29) is 0 Å². The first-order valence-corrected chi connectivity index (χ1v) is 5.45. The second-order valence-electron chi connectivity index (χ2n) is 3.68. The number of nitrogens with zero attached hydrogens (tertiary/aromatic N) is 4. The Hall–Kier alpha value is -2.15. The summed E-state index contributed by atoms with van der Waals surface area (Å²) in [6.07, 6.45) is 0. The number of aromatic nitrogens is 4. The number of nitrogens with two attached hydrogens (primary N) is 1. The van der Waals surface area contributed by atoms with Crippen molar-refractivity contribution < 1.29 is 9.47 Å². The Morgan fingerprint density at radius 2 is 2.17 bits per heavy atom. The van der Waals surface area contributed by atoms with Crippen LogP contribution in [0.25, 0.3) is 11.4 Å². The molecule has 0 fully saturated rings. The van der Waals surface area contributed by atoms with Crippen molar-refractivity contribution in [2.75, 3.05) is 26.6 Å². The molecule has 0 aliphatic carbocycles. The van der Waals surface area contributed by atoms with Gasteiger partial charge in [-0.25, -0.2) is 4.68 Å². The van der Waals surface area contributed by atoms with Crippen molar-refractivity contribution in [3.05, 3.63) is 18.2 Å². The van der Waals surface area contributed by atoms with E-state index in [1.54, 1.807) is 25.0 Å². The highest BCUT2D eigenvalue weighted by Crippen LogP contribution is 2.27. The molecule has 7 nitrogen and oxygen atoms in total. The lowest BCUT2D eigenvalue weighted by Crippen LogP contribution is -2.08. The normalized spacial score (nSPS) is 10.6. The third-order valence-corrected chi connectivity index (χ3v) is 2.53. The van der Waals surface area contributed by atoms with Gasteiger partial charge in [-0.3, -0.25) is 0 Å². The highest BCUT2D eigenvalue weighted by molar-refractivity contribution is 5.65. The third-order valence-electron chi connectivity index (χ3n) is 2.53.